The fourth-order valence-corrected chi connectivity index (χ4v) is 2.72. The van der Waals surface area contributed by atoms with Crippen molar-refractivity contribution in [1.29, 1.82) is 0 Å². The average Bonchev–Trinajstić information content (AvgIpc) is 2.74. The van der Waals surface area contributed by atoms with E-state index >= 15 is 0 Å². The lowest BCUT2D eigenvalue weighted by atomic mass is 10.1. The molecule has 0 aromatic heterocycles. The van der Waals surface area contributed by atoms with Gasteiger partial charge in [0.05, 0.1) is 12.8 Å². The third kappa shape index (κ3) is 6.32. The lowest BCUT2D eigenvalue weighted by molar-refractivity contribution is -0.121. The summed E-state index contributed by atoms with van der Waals surface area (Å²) < 4.78 is 0. The highest BCUT2D eigenvalue weighted by molar-refractivity contribution is 5.97. The van der Waals surface area contributed by atoms with Crippen LogP contribution in [0.2, 0.25) is 0 Å². The van der Waals surface area contributed by atoms with Crippen molar-refractivity contribution in [2.75, 3.05) is 5.32 Å². The van der Waals surface area contributed by atoms with Gasteiger partial charge in [0.1, 0.15) is 0 Å². The van der Waals surface area contributed by atoms with Crippen LogP contribution in [0.5, 0.6) is 0 Å². The Morgan fingerprint density at radius 2 is 1.10 bits per heavy atom. The molecule has 3 aromatic carbocycles. The first kappa shape index (κ1) is 19.8. The Bertz CT molecular complexity index is 971. The van der Waals surface area contributed by atoms with Crippen molar-refractivity contribution in [1.82, 2.24) is 10.9 Å². The molecular formula is C23H21N3O3. The van der Waals surface area contributed by atoms with Gasteiger partial charge in [-0.05, 0) is 35.4 Å². The van der Waals surface area contributed by atoms with Gasteiger partial charge in [-0.2, -0.15) is 0 Å². The van der Waals surface area contributed by atoms with Crippen LogP contribution >= 0.6 is 0 Å². The predicted molar refractivity (Wildman–Crippen MR) is 111 cm³/mol. The minimum absolute atomic E-state index is 0.137. The largest absolute Gasteiger partial charge is 0.326 e. The molecule has 0 aliphatic heterocycles. The first-order valence-electron chi connectivity index (χ1n) is 9.17. The van der Waals surface area contributed by atoms with Crippen molar-refractivity contribution < 1.29 is 14.4 Å². The van der Waals surface area contributed by atoms with Gasteiger partial charge in [0.15, 0.2) is 0 Å². The Hall–Kier alpha value is -3.93. The topological polar surface area (TPSA) is 87.3 Å². The Morgan fingerprint density at radius 1 is 0.586 bits per heavy atom. The van der Waals surface area contributed by atoms with Crippen molar-refractivity contribution in [3.63, 3.8) is 0 Å². The number of carbonyl (C=O) groups excluding carboxylic acids is 3. The molecule has 146 valence electrons. The quantitative estimate of drug-likeness (QED) is 0.569. The van der Waals surface area contributed by atoms with Crippen molar-refractivity contribution >= 4 is 23.4 Å². The van der Waals surface area contributed by atoms with Gasteiger partial charge in [-0.15, -0.1) is 0 Å². The molecule has 0 atom stereocenters. The number of benzene rings is 3. The molecule has 0 fully saturated rings. The molecule has 6 nitrogen and oxygen atoms in total. The van der Waals surface area contributed by atoms with E-state index < -0.39 is 5.91 Å². The number of hydrogen-bond acceptors (Lipinski definition) is 3. The highest BCUT2D eigenvalue weighted by Gasteiger charge is 2.09. The van der Waals surface area contributed by atoms with E-state index in [0.717, 1.165) is 11.1 Å². The summed E-state index contributed by atoms with van der Waals surface area (Å²) in [5, 5.41) is 2.79. The first-order chi connectivity index (χ1) is 14.1. The summed E-state index contributed by atoms with van der Waals surface area (Å²) in [6, 6.07) is 25.1. The molecule has 6 heteroatoms. The van der Waals surface area contributed by atoms with Crippen molar-refractivity contribution in [3.05, 3.63) is 102 Å². The fraction of sp³-hybridized carbons (Fsp3) is 0.0870. The van der Waals surface area contributed by atoms with Gasteiger partial charge >= 0.3 is 0 Å². The molecule has 0 heterocycles. The molecule has 0 spiro atoms. The van der Waals surface area contributed by atoms with E-state index in [-0.39, 0.29) is 24.7 Å². The number of rotatable bonds is 6. The number of anilines is 1. The Balaban J connectivity index is 1.47. The summed E-state index contributed by atoms with van der Waals surface area (Å²) in [4.78, 5) is 36.2. The zero-order valence-corrected chi connectivity index (χ0v) is 15.7. The third-order valence-corrected chi connectivity index (χ3v) is 4.16. The van der Waals surface area contributed by atoms with E-state index in [4.69, 9.17) is 0 Å². The number of amides is 3. The summed E-state index contributed by atoms with van der Waals surface area (Å²) >= 11 is 0. The molecular weight excluding hydrogens is 366 g/mol. The second-order valence-corrected chi connectivity index (χ2v) is 6.45. The van der Waals surface area contributed by atoms with Crippen LogP contribution in [0.25, 0.3) is 0 Å². The number of hydrazine groups is 1. The monoisotopic (exact) mass is 387 g/mol. The maximum absolute atomic E-state index is 12.2. The van der Waals surface area contributed by atoms with Crippen molar-refractivity contribution in [3.8, 4) is 0 Å². The first-order valence-corrected chi connectivity index (χ1v) is 9.17. The molecule has 0 radical (unpaired) electrons. The van der Waals surface area contributed by atoms with Crippen LogP contribution in [0.15, 0.2) is 84.9 Å². The molecule has 0 aliphatic carbocycles. The highest BCUT2D eigenvalue weighted by Crippen LogP contribution is 2.10. The minimum Gasteiger partial charge on any atom is -0.326 e. The molecule has 3 rings (SSSR count). The standard InChI is InChI=1S/C23H21N3O3/c27-21(15-17-7-3-1-4-8-17)24-20-13-11-19(12-14-20)23(29)26-25-22(28)16-18-9-5-2-6-10-18/h1-14H,15-16H2,(H,24,27)(H,25,28)(H,26,29). The lowest BCUT2D eigenvalue weighted by Crippen LogP contribution is -2.42. The Morgan fingerprint density at radius 3 is 1.66 bits per heavy atom. The Kier molecular flexibility index (Phi) is 6.73. The van der Waals surface area contributed by atoms with Gasteiger partial charge in [-0.1, -0.05) is 60.7 Å². The molecule has 0 bridgehead atoms. The number of nitrogens with one attached hydrogen (secondary N) is 3. The lowest BCUT2D eigenvalue weighted by Gasteiger charge is -2.09. The summed E-state index contributed by atoms with van der Waals surface area (Å²) in [5.41, 5.74) is 7.52. The number of carbonyl (C=O) groups is 3. The summed E-state index contributed by atoms with van der Waals surface area (Å²) in [7, 11) is 0. The molecule has 3 N–H and O–H groups in total. The van der Waals surface area contributed by atoms with E-state index in [9.17, 15) is 14.4 Å². The van der Waals surface area contributed by atoms with Crippen LogP contribution in [-0.2, 0) is 22.4 Å². The molecule has 0 saturated heterocycles. The number of hydrogen-bond donors (Lipinski definition) is 3. The van der Waals surface area contributed by atoms with Crippen molar-refractivity contribution in [2.24, 2.45) is 0 Å². The van der Waals surface area contributed by atoms with Crippen molar-refractivity contribution in [2.45, 2.75) is 12.8 Å². The minimum atomic E-state index is -0.437. The Labute approximate surface area is 168 Å². The van der Waals surface area contributed by atoms with E-state index in [2.05, 4.69) is 16.2 Å². The molecule has 0 unspecified atom stereocenters. The molecule has 29 heavy (non-hydrogen) atoms. The molecule has 0 aliphatic rings. The fourth-order valence-electron chi connectivity index (χ4n) is 2.72. The van der Waals surface area contributed by atoms with Gasteiger partial charge in [-0.25, -0.2) is 0 Å². The summed E-state index contributed by atoms with van der Waals surface area (Å²) in [6.45, 7) is 0. The molecule has 3 amide bonds. The van der Waals surface area contributed by atoms with E-state index in [1.165, 1.54) is 0 Å². The van der Waals surface area contributed by atoms with Gasteiger partial charge in [0.2, 0.25) is 11.8 Å². The van der Waals surface area contributed by atoms with Gasteiger partial charge < -0.3 is 5.32 Å². The highest BCUT2D eigenvalue weighted by atomic mass is 16.2. The maximum Gasteiger partial charge on any atom is 0.269 e. The second kappa shape index (κ2) is 9.85. The summed E-state index contributed by atoms with van der Waals surface area (Å²) in [6.07, 6.45) is 0.448. The van der Waals surface area contributed by atoms with Crippen LogP contribution in [0, 0.1) is 0 Å². The molecule has 0 saturated carbocycles. The average molecular weight is 387 g/mol. The second-order valence-electron chi connectivity index (χ2n) is 6.45. The third-order valence-electron chi connectivity index (χ3n) is 4.16. The van der Waals surface area contributed by atoms with Crippen LogP contribution in [-0.4, -0.2) is 17.7 Å². The zero-order chi connectivity index (χ0) is 20.5. The normalized spacial score (nSPS) is 10.1. The van der Waals surface area contributed by atoms with Crippen LogP contribution < -0.4 is 16.2 Å². The zero-order valence-electron chi connectivity index (χ0n) is 15.7. The molecule has 3 aromatic rings. The smallest absolute Gasteiger partial charge is 0.269 e. The van der Waals surface area contributed by atoms with E-state index in [1.54, 1.807) is 24.3 Å². The van der Waals surface area contributed by atoms with Gasteiger partial charge in [0, 0.05) is 11.3 Å². The van der Waals surface area contributed by atoms with Gasteiger partial charge in [-0.3, -0.25) is 25.2 Å². The maximum atomic E-state index is 12.2. The predicted octanol–water partition coefficient (Wildman–Crippen LogP) is 2.87. The van der Waals surface area contributed by atoms with E-state index in [0.29, 0.717) is 11.3 Å². The van der Waals surface area contributed by atoms with Gasteiger partial charge in [0.25, 0.3) is 5.91 Å². The SMILES string of the molecule is O=C(Cc1ccccc1)NNC(=O)c1ccc(NC(=O)Cc2ccccc2)cc1. The van der Waals surface area contributed by atoms with Crippen LogP contribution in [0.4, 0.5) is 5.69 Å². The summed E-state index contributed by atoms with van der Waals surface area (Å²) in [5.74, 6) is -0.885. The van der Waals surface area contributed by atoms with Crippen LogP contribution in [0.1, 0.15) is 21.5 Å². The van der Waals surface area contributed by atoms with E-state index in [1.807, 2.05) is 60.7 Å². The van der Waals surface area contributed by atoms with Crippen LogP contribution in [0.3, 0.4) is 0 Å².